The third kappa shape index (κ3) is 1.75. The van der Waals surface area contributed by atoms with Gasteiger partial charge in [-0.1, -0.05) is 0 Å². The van der Waals surface area contributed by atoms with E-state index in [1.165, 1.54) is 25.7 Å². The molecule has 0 aromatic heterocycles. The van der Waals surface area contributed by atoms with E-state index < -0.39 is 40.5 Å². The second kappa shape index (κ2) is 4.07. The molecule has 2 bridgehead atoms. The Hall–Kier alpha value is 0.810. The van der Waals surface area contributed by atoms with E-state index in [2.05, 4.69) is 29.4 Å². The van der Waals surface area contributed by atoms with Crippen LogP contribution in [0.2, 0.25) is 0 Å². The summed E-state index contributed by atoms with van der Waals surface area (Å²) >= 11 is -2.46. The molecule has 3 N–H and O–H groups in total. The topological polar surface area (TPSA) is 92.1 Å². The molecule has 0 aromatic rings. The van der Waals surface area contributed by atoms with Gasteiger partial charge < -0.3 is 0 Å². The molecule has 2 aliphatic carbocycles. The summed E-state index contributed by atoms with van der Waals surface area (Å²) in [6, 6.07) is 0. The molecule has 0 spiro atoms. The van der Waals surface area contributed by atoms with Gasteiger partial charge in [-0.15, -0.1) is 0 Å². The summed E-state index contributed by atoms with van der Waals surface area (Å²) in [5.74, 6) is 2.30. The summed E-state index contributed by atoms with van der Waals surface area (Å²) < 4.78 is 16.4. The van der Waals surface area contributed by atoms with Gasteiger partial charge in [-0.3, -0.25) is 0 Å². The number of halogens is 2. The number of esters is 1. The molecule has 5 rings (SSSR count). The van der Waals surface area contributed by atoms with Gasteiger partial charge in [0.05, 0.1) is 0 Å². The van der Waals surface area contributed by atoms with Crippen LogP contribution in [-0.4, -0.2) is 23.7 Å². The maximum atomic E-state index is 12.9. The molecule has 5 fully saturated rings. The Morgan fingerprint density at radius 3 is 2.33 bits per heavy atom. The van der Waals surface area contributed by atoms with Crippen molar-refractivity contribution in [2.24, 2.45) is 17.8 Å². The van der Waals surface area contributed by atoms with Crippen LogP contribution in [0.15, 0.2) is 0 Å². The van der Waals surface area contributed by atoms with E-state index in [4.69, 9.17) is 4.74 Å². The molecule has 7 heteroatoms. The van der Waals surface area contributed by atoms with Crippen molar-refractivity contribution in [2.45, 2.75) is 52.3 Å². The Bertz CT molecular complexity index is 536. The zero-order valence-electron chi connectivity index (χ0n) is 12.6. The summed E-state index contributed by atoms with van der Waals surface area (Å²) in [5.41, 5.74) is -0.301. The fourth-order valence-corrected chi connectivity index (χ4v) is 19.4. The minimum absolute atomic E-state index is 0.0262. The van der Waals surface area contributed by atoms with E-state index in [1.807, 2.05) is 0 Å². The second-order valence-electron chi connectivity index (χ2n) is 7.63. The van der Waals surface area contributed by atoms with E-state index >= 15 is 0 Å². The van der Waals surface area contributed by atoms with E-state index in [0.717, 1.165) is 11.8 Å². The Kier molecular flexibility index (Phi) is 2.75. The molecule has 3 aliphatic heterocycles. The van der Waals surface area contributed by atoms with Crippen molar-refractivity contribution in [1.29, 1.82) is 0 Å². The first-order valence-electron chi connectivity index (χ1n) is 7.76. The molecule has 0 radical (unpaired) electrons. The van der Waals surface area contributed by atoms with Gasteiger partial charge in [0.15, 0.2) is 0 Å². The molecular weight excluding hydrogens is 496 g/mol. The molecule has 4 unspecified atom stereocenters. The number of nitrogens with one attached hydrogen (secondary N) is 3. The molecule has 5 aliphatic rings. The second-order valence-corrected chi connectivity index (χ2v) is 16.8. The van der Waals surface area contributed by atoms with Crippen LogP contribution in [0, 0.1) is 17.8 Å². The average Bonchev–Trinajstić information content (AvgIpc) is 3.29. The van der Waals surface area contributed by atoms with Gasteiger partial charge in [-0.2, -0.15) is 0 Å². The van der Waals surface area contributed by atoms with E-state index in [9.17, 15) is 4.79 Å². The van der Waals surface area contributed by atoms with Crippen LogP contribution in [-0.2, 0) is 9.53 Å². The monoisotopic (exact) mass is 519 g/mol. The van der Waals surface area contributed by atoms with Gasteiger partial charge in [0, 0.05) is 0 Å². The van der Waals surface area contributed by atoms with Crippen LogP contribution < -0.4 is 10.6 Å². The van der Waals surface area contributed by atoms with Crippen molar-refractivity contribution in [3.05, 3.63) is 0 Å². The summed E-state index contributed by atoms with van der Waals surface area (Å²) in [6.45, 7) is 4.30. The molecule has 21 heavy (non-hydrogen) atoms. The Morgan fingerprint density at radius 1 is 1.24 bits per heavy atom. The van der Waals surface area contributed by atoms with Crippen LogP contribution in [0.1, 0.15) is 39.5 Å². The first-order valence-corrected chi connectivity index (χ1v) is 15.3. The minimum atomic E-state index is -1.34. The van der Waals surface area contributed by atoms with Gasteiger partial charge in [-0.05, 0) is 0 Å². The molecular formula is C14H23I2N3O2. The first kappa shape index (κ1) is 14.2. The molecule has 4 atom stereocenters. The number of carbonyl (C=O) groups excluding carboxylic acids is 1. The zero-order chi connectivity index (χ0) is 14.6. The Balaban J connectivity index is 1.34. The number of carbonyl (C=O) groups is 1. The van der Waals surface area contributed by atoms with Gasteiger partial charge in [0.25, 0.3) is 0 Å². The maximum absolute atomic E-state index is 12.9. The first-order chi connectivity index (χ1) is 9.89. The number of ether oxygens (including phenoxy) is 1. The number of hydrogen-bond acceptors (Lipinski definition) is 5. The van der Waals surface area contributed by atoms with Gasteiger partial charge in [0.2, 0.25) is 0 Å². The number of hydrogen-bond donors (Lipinski definition) is 3. The van der Waals surface area contributed by atoms with Crippen molar-refractivity contribution in [1.82, 2.24) is 10.6 Å². The summed E-state index contributed by atoms with van der Waals surface area (Å²) in [4.78, 5) is 15.2. The summed E-state index contributed by atoms with van der Waals surface area (Å²) in [6.07, 6.45) is 5.37. The van der Waals surface area contributed by atoms with Crippen molar-refractivity contribution in [3.63, 3.8) is 0 Å². The molecule has 0 aromatic carbocycles. The quantitative estimate of drug-likeness (QED) is 0.133. The molecule has 2 saturated carbocycles. The van der Waals surface area contributed by atoms with E-state index in [-0.39, 0.29) is 18.8 Å². The average molecular weight is 519 g/mol. The van der Waals surface area contributed by atoms with Crippen LogP contribution in [0.4, 0.5) is 0 Å². The SMILES string of the molecule is CI1NC1(C(=O)OC(C)(C)C1CC2CCC1C2)C12NI1N2. The third-order valence-corrected chi connectivity index (χ3v) is 16.7. The number of rotatable bonds is 4. The van der Waals surface area contributed by atoms with E-state index in [1.54, 1.807) is 0 Å². The molecule has 5 nitrogen and oxygen atoms in total. The van der Waals surface area contributed by atoms with Gasteiger partial charge >= 0.3 is 142 Å². The van der Waals surface area contributed by atoms with Crippen molar-refractivity contribution >= 4 is 46.4 Å². The molecule has 3 saturated heterocycles. The van der Waals surface area contributed by atoms with Crippen molar-refractivity contribution < 1.29 is 9.53 Å². The van der Waals surface area contributed by atoms with Crippen LogP contribution in [0.5, 0.6) is 0 Å². The molecule has 120 valence electrons. The summed E-state index contributed by atoms with van der Waals surface area (Å²) in [5, 5.41) is 0. The predicted molar refractivity (Wildman–Crippen MR) is 97.9 cm³/mol. The van der Waals surface area contributed by atoms with Crippen molar-refractivity contribution in [2.75, 3.05) is 4.93 Å². The number of fused-ring (bicyclic) bond motifs is 3. The molecule has 3 heterocycles. The van der Waals surface area contributed by atoms with Crippen LogP contribution >= 0.6 is 40.5 Å². The van der Waals surface area contributed by atoms with Crippen LogP contribution in [0.25, 0.3) is 0 Å². The van der Waals surface area contributed by atoms with Crippen molar-refractivity contribution in [3.8, 4) is 0 Å². The standard InChI is InChI=1S/C14H23I2N3O2/c1-12(2,10-7-8-4-5-9(10)6-8)21-11(20)13(15(3)17-13)14-16(18-14)19-14/h8-10,17-19H,4-7H2,1-3H3. The van der Waals surface area contributed by atoms with Gasteiger partial charge in [0.1, 0.15) is 0 Å². The third-order valence-electron chi connectivity index (χ3n) is 6.07. The van der Waals surface area contributed by atoms with Crippen LogP contribution in [0.3, 0.4) is 0 Å². The fourth-order valence-electron chi connectivity index (χ4n) is 4.70. The Morgan fingerprint density at radius 2 is 1.90 bits per heavy atom. The van der Waals surface area contributed by atoms with E-state index in [0.29, 0.717) is 5.92 Å². The van der Waals surface area contributed by atoms with Gasteiger partial charge in [-0.25, -0.2) is 0 Å². The Labute approximate surface area is 140 Å². The normalized spacial score (nSPS) is 48.0. The predicted octanol–water partition coefficient (Wildman–Crippen LogP) is 2.29. The summed E-state index contributed by atoms with van der Waals surface area (Å²) in [7, 11) is 0. The molecule has 0 amide bonds. The number of alkyl halides is 3. The fraction of sp³-hybridized carbons (Fsp3) is 0.929. The zero-order valence-corrected chi connectivity index (χ0v) is 16.9.